The van der Waals surface area contributed by atoms with Crippen LogP contribution in [0.1, 0.15) is 67.7 Å². The van der Waals surface area contributed by atoms with Crippen LogP contribution in [0, 0.1) is 23.2 Å². The van der Waals surface area contributed by atoms with E-state index in [0.717, 1.165) is 17.8 Å². The zero-order chi connectivity index (χ0) is 11.4. The molecule has 0 saturated carbocycles. The lowest BCUT2D eigenvalue weighted by Gasteiger charge is -2.24. The van der Waals surface area contributed by atoms with E-state index in [4.69, 9.17) is 0 Å². The van der Waals surface area contributed by atoms with Gasteiger partial charge in [-0.1, -0.05) is 61.3 Å². The molecule has 2 unspecified atom stereocenters. The summed E-state index contributed by atoms with van der Waals surface area (Å²) in [6.45, 7) is 16.5. The van der Waals surface area contributed by atoms with Gasteiger partial charge in [-0.25, -0.2) is 0 Å². The molecule has 0 heterocycles. The van der Waals surface area contributed by atoms with E-state index < -0.39 is 0 Å². The van der Waals surface area contributed by atoms with Crippen LogP contribution in [0.4, 0.5) is 0 Å². The summed E-state index contributed by atoms with van der Waals surface area (Å²) in [5.41, 5.74) is 0.500. The highest BCUT2D eigenvalue weighted by molar-refractivity contribution is 4.68. The van der Waals surface area contributed by atoms with Gasteiger partial charge in [0.15, 0.2) is 0 Å². The lowest BCUT2D eigenvalue weighted by molar-refractivity contribution is 0.271. The van der Waals surface area contributed by atoms with Crippen LogP contribution in [-0.2, 0) is 0 Å². The minimum absolute atomic E-state index is 0.500. The van der Waals surface area contributed by atoms with Crippen LogP contribution in [0.2, 0.25) is 0 Å². The zero-order valence-electron chi connectivity index (χ0n) is 11.4. The SMILES string of the molecule is CC(CCC(C)C(C)C)CC(C)(C)C. The molecule has 2 atom stereocenters. The molecule has 0 rings (SSSR count). The van der Waals surface area contributed by atoms with E-state index >= 15 is 0 Å². The minimum atomic E-state index is 0.500. The average molecular weight is 198 g/mol. The fourth-order valence-electron chi connectivity index (χ4n) is 2.03. The summed E-state index contributed by atoms with van der Waals surface area (Å²) in [5.74, 6) is 2.62. The summed E-state index contributed by atoms with van der Waals surface area (Å²) in [5, 5.41) is 0. The summed E-state index contributed by atoms with van der Waals surface area (Å²) in [4.78, 5) is 0. The van der Waals surface area contributed by atoms with Crippen molar-refractivity contribution in [3.8, 4) is 0 Å². The second-order valence-electron chi connectivity index (χ2n) is 6.67. The standard InChI is InChI=1S/C14H30/c1-11(2)13(4)9-8-12(3)10-14(5,6)7/h11-13H,8-10H2,1-7H3. The van der Waals surface area contributed by atoms with Crippen molar-refractivity contribution in [2.75, 3.05) is 0 Å². The van der Waals surface area contributed by atoms with Gasteiger partial charge < -0.3 is 0 Å². The Hall–Kier alpha value is 0. The highest BCUT2D eigenvalue weighted by atomic mass is 14.2. The smallest absolute Gasteiger partial charge is 0.0380 e. The Labute approximate surface area is 91.5 Å². The van der Waals surface area contributed by atoms with Gasteiger partial charge in [0.2, 0.25) is 0 Å². The first-order valence-corrected chi connectivity index (χ1v) is 6.22. The highest BCUT2D eigenvalue weighted by Gasteiger charge is 2.16. The maximum absolute atomic E-state index is 2.40. The number of hydrogen-bond acceptors (Lipinski definition) is 0. The Balaban J connectivity index is 3.69. The molecule has 0 nitrogen and oxygen atoms in total. The third kappa shape index (κ3) is 7.41. The molecule has 0 amide bonds. The van der Waals surface area contributed by atoms with Gasteiger partial charge in [0, 0.05) is 0 Å². The topological polar surface area (TPSA) is 0 Å². The minimum Gasteiger partial charge on any atom is -0.0625 e. The van der Waals surface area contributed by atoms with Gasteiger partial charge in [0.05, 0.1) is 0 Å². The van der Waals surface area contributed by atoms with E-state index in [1.165, 1.54) is 19.3 Å². The Bertz CT molecular complexity index is 139. The molecule has 0 aliphatic heterocycles. The molecule has 0 aromatic rings. The highest BCUT2D eigenvalue weighted by Crippen LogP contribution is 2.28. The van der Waals surface area contributed by atoms with Crippen molar-refractivity contribution in [1.82, 2.24) is 0 Å². The molecule has 0 heteroatoms. The predicted molar refractivity (Wildman–Crippen MR) is 66.5 cm³/mol. The van der Waals surface area contributed by atoms with E-state index in [-0.39, 0.29) is 0 Å². The van der Waals surface area contributed by atoms with Gasteiger partial charge in [-0.2, -0.15) is 0 Å². The van der Waals surface area contributed by atoms with E-state index in [0.29, 0.717) is 5.41 Å². The van der Waals surface area contributed by atoms with Gasteiger partial charge >= 0.3 is 0 Å². The van der Waals surface area contributed by atoms with Crippen molar-refractivity contribution in [2.24, 2.45) is 23.2 Å². The molecule has 0 aromatic carbocycles. The third-order valence-corrected chi connectivity index (χ3v) is 3.21. The molecule has 0 aliphatic rings. The fourth-order valence-corrected chi connectivity index (χ4v) is 2.03. The van der Waals surface area contributed by atoms with Crippen LogP contribution in [0.5, 0.6) is 0 Å². The molecule has 0 bridgehead atoms. The first-order chi connectivity index (χ1) is 6.22. The van der Waals surface area contributed by atoms with Crippen molar-refractivity contribution in [3.05, 3.63) is 0 Å². The molecule has 0 aromatic heterocycles. The van der Waals surface area contributed by atoms with Crippen LogP contribution in [0.25, 0.3) is 0 Å². The van der Waals surface area contributed by atoms with Crippen LogP contribution >= 0.6 is 0 Å². The molecule has 86 valence electrons. The molecule has 14 heavy (non-hydrogen) atoms. The zero-order valence-corrected chi connectivity index (χ0v) is 11.4. The monoisotopic (exact) mass is 198 g/mol. The molecule has 0 radical (unpaired) electrons. The van der Waals surface area contributed by atoms with E-state index in [1.54, 1.807) is 0 Å². The van der Waals surface area contributed by atoms with Crippen molar-refractivity contribution in [1.29, 1.82) is 0 Å². The normalized spacial score (nSPS) is 17.1. The molecular formula is C14H30. The summed E-state index contributed by atoms with van der Waals surface area (Å²) in [6.07, 6.45) is 4.16. The van der Waals surface area contributed by atoms with Crippen LogP contribution in [0.3, 0.4) is 0 Å². The maximum Gasteiger partial charge on any atom is -0.0380 e. The summed E-state index contributed by atoms with van der Waals surface area (Å²) < 4.78 is 0. The molecular weight excluding hydrogens is 168 g/mol. The first kappa shape index (κ1) is 14.0. The quantitative estimate of drug-likeness (QED) is 0.574. The van der Waals surface area contributed by atoms with E-state index in [1.807, 2.05) is 0 Å². The van der Waals surface area contributed by atoms with Crippen LogP contribution in [-0.4, -0.2) is 0 Å². The Morgan fingerprint density at radius 3 is 1.71 bits per heavy atom. The van der Waals surface area contributed by atoms with Gasteiger partial charge in [0.1, 0.15) is 0 Å². The molecule has 0 spiro atoms. The summed E-state index contributed by atoms with van der Waals surface area (Å²) in [6, 6.07) is 0. The van der Waals surface area contributed by atoms with E-state index in [9.17, 15) is 0 Å². The number of hydrogen-bond donors (Lipinski definition) is 0. The van der Waals surface area contributed by atoms with Crippen molar-refractivity contribution in [3.63, 3.8) is 0 Å². The van der Waals surface area contributed by atoms with Crippen molar-refractivity contribution in [2.45, 2.75) is 67.7 Å². The first-order valence-electron chi connectivity index (χ1n) is 6.22. The third-order valence-electron chi connectivity index (χ3n) is 3.21. The fraction of sp³-hybridized carbons (Fsp3) is 1.00. The maximum atomic E-state index is 2.40. The molecule has 0 aliphatic carbocycles. The second-order valence-corrected chi connectivity index (χ2v) is 6.67. The van der Waals surface area contributed by atoms with Crippen molar-refractivity contribution >= 4 is 0 Å². The van der Waals surface area contributed by atoms with Crippen molar-refractivity contribution < 1.29 is 0 Å². The summed E-state index contributed by atoms with van der Waals surface area (Å²) in [7, 11) is 0. The summed E-state index contributed by atoms with van der Waals surface area (Å²) >= 11 is 0. The molecule has 0 saturated heterocycles. The Morgan fingerprint density at radius 2 is 1.36 bits per heavy atom. The van der Waals surface area contributed by atoms with Crippen LogP contribution < -0.4 is 0 Å². The molecule has 0 fully saturated rings. The predicted octanol–water partition coefficient (Wildman–Crippen LogP) is 5.13. The van der Waals surface area contributed by atoms with Gasteiger partial charge in [-0.05, 0) is 29.6 Å². The lowest BCUT2D eigenvalue weighted by atomic mass is 9.81. The second kappa shape index (κ2) is 5.78. The lowest BCUT2D eigenvalue weighted by Crippen LogP contribution is -2.13. The van der Waals surface area contributed by atoms with Gasteiger partial charge in [0.25, 0.3) is 0 Å². The average Bonchev–Trinajstić information content (AvgIpc) is 1.96. The van der Waals surface area contributed by atoms with Gasteiger partial charge in [-0.3, -0.25) is 0 Å². The van der Waals surface area contributed by atoms with Gasteiger partial charge in [-0.15, -0.1) is 0 Å². The van der Waals surface area contributed by atoms with Crippen LogP contribution in [0.15, 0.2) is 0 Å². The largest absolute Gasteiger partial charge is 0.0625 e. The number of rotatable bonds is 5. The van der Waals surface area contributed by atoms with E-state index in [2.05, 4.69) is 48.5 Å². The Morgan fingerprint density at radius 1 is 0.857 bits per heavy atom. The Kier molecular flexibility index (Phi) is 5.78. The molecule has 0 N–H and O–H groups in total.